The van der Waals surface area contributed by atoms with Crippen molar-refractivity contribution in [2.75, 3.05) is 33.4 Å². The van der Waals surface area contributed by atoms with E-state index in [4.69, 9.17) is 10.5 Å². The number of nitrogens with one attached hydrogen (secondary N) is 1. The maximum Gasteiger partial charge on any atom is 0.239 e. The molecule has 1 unspecified atom stereocenters. The lowest BCUT2D eigenvalue weighted by Gasteiger charge is -2.30. The Morgan fingerprint density at radius 3 is 3.12 bits per heavy atom. The quantitative estimate of drug-likeness (QED) is 0.574. The van der Waals surface area contributed by atoms with E-state index in [9.17, 15) is 9.59 Å². The van der Waals surface area contributed by atoms with Gasteiger partial charge < -0.3 is 20.7 Å². The molecule has 6 nitrogen and oxygen atoms in total. The molecule has 1 aliphatic heterocycles. The van der Waals surface area contributed by atoms with Crippen LogP contribution < -0.4 is 11.1 Å². The van der Waals surface area contributed by atoms with E-state index in [0.29, 0.717) is 32.5 Å². The van der Waals surface area contributed by atoms with Crippen LogP contribution >= 0.6 is 0 Å². The summed E-state index contributed by atoms with van der Waals surface area (Å²) in [5.41, 5.74) is 5.74. The minimum absolute atomic E-state index is 0.00333. The molecule has 92 valence electrons. The van der Waals surface area contributed by atoms with Crippen LogP contribution in [0.25, 0.3) is 0 Å². The van der Waals surface area contributed by atoms with Gasteiger partial charge in [0.15, 0.2) is 0 Å². The molecule has 0 spiro atoms. The molecule has 0 bridgehead atoms. The minimum atomic E-state index is -0.167. The van der Waals surface area contributed by atoms with Gasteiger partial charge in [-0.15, -0.1) is 0 Å². The van der Waals surface area contributed by atoms with E-state index >= 15 is 0 Å². The average Bonchev–Trinajstić information content (AvgIpc) is 2.24. The van der Waals surface area contributed by atoms with Crippen LogP contribution in [0.5, 0.6) is 0 Å². The molecular weight excluding hydrogens is 210 g/mol. The Hall–Kier alpha value is -1.14. The molecule has 0 radical (unpaired) electrons. The van der Waals surface area contributed by atoms with Gasteiger partial charge in [0.2, 0.25) is 11.8 Å². The van der Waals surface area contributed by atoms with Gasteiger partial charge in [0.05, 0.1) is 13.2 Å². The molecule has 1 fully saturated rings. The van der Waals surface area contributed by atoms with E-state index in [1.807, 2.05) is 0 Å². The highest BCUT2D eigenvalue weighted by molar-refractivity contribution is 5.85. The van der Waals surface area contributed by atoms with Crippen molar-refractivity contribution in [1.82, 2.24) is 10.2 Å². The molecule has 1 saturated heterocycles. The predicted molar refractivity (Wildman–Crippen MR) is 58.7 cm³/mol. The molecule has 1 rings (SSSR count). The number of hydrogen-bond donors (Lipinski definition) is 2. The number of methoxy groups -OCH3 is 1. The highest BCUT2D eigenvalue weighted by atomic mass is 16.5. The normalized spacial score (nSPS) is 21.0. The molecular formula is C10H19N3O3. The first-order chi connectivity index (χ1) is 7.63. The number of rotatable bonds is 5. The monoisotopic (exact) mass is 229 g/mol. The van der Waals surface area contributed by atoms with Gasteiger partial charge in [0.25, 0.3) is 0 Å². The fourth-order valence-electron chi connectivity index (χ4n) is 1.62. The highest BCUT2D eigenvalue weighted by Crippen LogP contribution is 2.08. The summed E-state index contributed by atoms with van der Waals surface area (Å²) < 4.78 is 4.81. The van der Waals surface area contributed by atoms with E-state index in [2.05, 4.69) is 5.32 Å². The third kappa shape index (κ3) is 4.16. The molecule has 0 aromatic heterocycles. The molecule has 1 heterocycles. The maximum absolute atomic E-state index is 11.5. The summed E-state index contributed by atoms with van der Waals surface area (Å²) in [6.45, 7) is 1.50. The van der Waals surface area contributed by atoms with Crippen molar-refractivity contribution in [3.63, 3.8) is 0 Å². The summed E-state index contributed by atoms with van der Waals surface area (Å²) in [6, 6.07) is -0.00975. The van der Waals surface area contributed by atoms with Crippen LogP contribution in [0.1, 0.15) is 12.8 Å². The Labute approximate surface area is 95.1 Å². The van der Waals surface area contributed by atoms with Gasteiger partial charge in [0, 0.05) is 32.7 Å². The van der Waals surface area contributed by atoms with Crippen molar-refractivity contribution in [1.29, 1.82) is 0 Å². The number of carbonyl (C=O) groups excluding carboxylic acids is 2. The van der Waals surface area contributed by atoms with Crippen LogP contribution in [0.2, 0.25) is 0 Å². The Morgan fingerprint density at radius 2 is 2.44 bits per heavy atom. The van der Waals surface area contributed by atoms with Crippen LogP contribution in [0.15, 0.2) is 0 Å². The molecule has 0 aromatic rings. The third-order valence-electron chi connectivity index (χ3n) is 2.50. The van der Waals surface area contributed by atoms with E-state index in [1.165, 1.54) is 4.90 Å². The highest BCUT2D eigenvalue weighted by Gasteiger charge is 2.24. The van der Waals surface area contributed by atoms with Crippen molar-refractivity contribution in [3.8, 4) is 0 Å². The van der Waals surface area contributed by atoms with Crippen LogP contribution in [-0.4, -0.2) is 56.1 Å². The first-order valence-electron chi connectivity index (χ1n) is 5.42. The molecule has 1 aliphatic rings. The zero-order valence-electron chi connectivity index (χ0n) is 9.57. The summed E-state index contributed by atoms with van der Waals surface area (Å²) in [7, 11) is 1.57. The molecule has 6 heteroatoms. The number of hydrogen-bond acceptors (Lipinski definition) is 4. The first kappa shape index (κ1) is 12.9. The van der Waals surface area contributed by atoms with Crippen molar-refractivity contribution in [2.45, 2.75) is 18.9 Å². The lowest BCUT2D eigenvalue weighted by molar-refractivity contribution is -0.138. The summed E-state index contributed by atoms with van der Waals surface area (Å²) in [5, 5.41) is 2.67. The minimum Gasteiger partial charge on any atom is -0.383 e. The van der Waals surface area contributed by atoms with Crippen LogP contribution in [0, 0.1) is 0 Å². The molecule has 2 amide bonds. The van der Waals surface area contributed by atoms with Gasteiger partial charge in [-0.05, 0) is 6.42 Å². The second kappa shape index (κ2) is 6.44. The van der Waals surface area contributed by atoms with E-state index in [1.54, 1.807) is 7.11 Å². The van der Waals surface area contributed by atoms with Crippen molar-refractivity contribution < 1.29 is 14.3 Å². The van der Waals surface area contributed by atoms with Crippen molar-refractivity contribution in [3.05, 3.63) is 0 Å². The standard InChI is InChI=1S/C10H19N3O3/c1-16-5-4-12-9(14)7-13-6-8(11)2-3-10(13)15/h8H,2-7,11H2,1H3,(H,12,14). The van der Waals surface area contributed by atoms with Gasteiger partial charge in [-0.3, -0.25) is 9.59 Å². The second-order valence-corrected chi connectivity index (χ2v) is 3.92. The molecule has 3 N–H and O–H groups in total. The van der Waals surface area contributed by atoms with Gasteiger partial charge in [-0.25, -0.2) is 0 Å². The Balaban J connectivity index is 2.28. The topological polar surface area (TPSA) is 84.7 Å². The summed E-state index contributed by atoms with van der Waals surface area (Å²) >= 11 is 0. The van der Waals surface area contributed by atoms with E-state index < -0.39 is 0 Å². The number of amides is 2. The molecule has 0 saturated carbocycles. The zero-order chi connectivity index (χ0) is 12.0. The van der Waals surface area contributed by atoms with Gasteiger partial charge in [0.1, 0.15) is 0 Å². The van der Waals surface area contributed by atoms with Crippen molar-refractivity contribution >= 4 is 11.8 Å². The summed E-state index contributed by atoms with van der Waals surface area (Å²) in [6.07, 6.45) is 1.15. The van der Waals surface area contributed by atoms with E-state index in [0.717, 1.165) is 0 Å². The number of likely N-dealkylation sites (tertiary alicyclic amines) is 1. The Bertz CT molecular complexity index is 258. The van der Waals surface area contributed by atoms with Gasteiger partial charge in [-0.1, -0.05) is 0 Å². The van der Waals surface area contributed by atoms with Crippen LogP contribution in [-0.2, 0) is 14.3 Å². The number of carbonyl (C=O) groups is 2. The van der Waals surface area contributed by atoms with Crippen LogP contribution in [0.4, 0.5) is 0 Å². The average molecular weight is 229 g/mol. The predicted octanol–water partition coefficient (Wildman–Crippen LogP) is -1.30. The largest absolute Gasteiger partial charge is 0.383 e. The number of piperidine rings is 1. The molecule has 0 aliphatic carbocycles. The number of ether oxygens (including phenoxy) is 1. The lowest BCUT2D eigenvalue weighted by atomic mass is 10.1. The second-order valence-electron chi connectivity index (χ2n) is 3.92. The number of nitrogens with two attached hydrogens (primary N) is 1. The van der Waals surface area contributed by atoms with Gasteiger partial charge >= 0.3 is 0 Å². The third-order valence-corrected chi connectivity index (χ3v) is 2.50. The summed E-state index contributed by atoms with van der Waals surface area (Å²) in [5.74, 6) is -0.164. The SMILES string of the molecule is COCCNC(=O)CN1CC(N)CCC1=O. The van der Waals surface area contributed by atoms with Crippen molar-refractivity contribution in [2.24, 2.45) is 5.73 Å². The first-order valence-corrected chi connectivity index (χ1v) is 5.42. The molecule has 1 atom stereocenters. The number of nitrogens with zero attached hydrogens (tertiary/aromatic N) is 1. The molecule has 0 aromatic carbocycles. The smallest absolute Gasteiger partial charge is 0.239 e. The molecule has 16 heavy (non-hydrogen) atoms. The summed E-state index contributed by atoms with van der Waals surface area (Å²) in [4.78, 5) is 24.4. The van der Waals surface area contributed by atoms with Gasteiger partial charge in [-0.2, -0.15) is 0 Å². The fraction of sp³-hybridized carbons (Fsp3) is 0.800. The lowest BCUT2D eigenvalue weighted by Crippen LogP contribution is -2.50. The zero-order valence-corrected chi connectivity index (χ0v) is 9.57. The Kier molecular flexibility index (Phi) is 5.21. The van der Waals surface area contributed by atoms with E-state index in [-0.39, 0.29) is 24.4 Å². The van der Waals surface area contributed by atoms with Crippen LogP contribution in [0.3, 0.4) is 0 Å². The fourth-order valence-corrected chi connectivity index (χ4v) is 1.62. The Morgan fingerprint density at radius 1 is 1.69 bits per heavy atom. The maximum atomic E-state index is 11.5.